The first-order chi connectivity index (χ1) is 14.7. The van der Waals surface area contributed by atoms with Crippen molar-refractivity contribution in [2.24, 2.45) is 4.99 Å². The molecule has 3 rings (SSSR count). The van der Waals surface area contributed by atoms with Crippen LogP contribution < -0.4 is 14.8 Å². The van der Waals surface area contributed by atoms with Crippen molar-refractivity contribution in [3.8, 4) is 11.5 Å². The summed E-state index contributed by atoms with van der Waals surface area (Å²) in [6.45, 7) is 7.13. The van der Waals surface area contributed by atoms with Gasteiger partial charge in [-0.05, 0) is 33.8 Å². The van der Waals surface area contributed by atoms with Gasteiger partial charge in [0, 0.05) is 31.7 Å². The minimum Gasteiger partial charge on any atom is -0.490 e. The van der Waals surface area contributed by atoms with Crippen LogP contribution in [0.3, 0.4) is 0 Å². The second kappa shape index (κ2) is 11.2. The number of rotatable bonds is 6. The quantitative estimate of drug-likeness (QED) is 0.528. The van der Waals surface area contributed by atoms with E-state index in [-0.39, 0.29) is 54.2 Å². The van der Waals surface area contributed by atoms with Gasteiger partial charge in [-0.1, -0.05) is 12.1 Å². The molecule has 0 aromatic heterocycles. The molecule has 0 bridgehead atoms. The van der Waals surface area contributed by atoms with Gasteiger partial charge >= 0.3 is 12.7 Å². The summed E-state index contributed by atoms with van der Waals surface area (Å²) in [7, 11) is 0. The fourth-order valence-corrected chi connectivity index (χ4v) is 3.59. The zero-order valence-corrected chi connectivity index (χ0v) is 21.1. The summed E-state index contributed by atoms with van der Waals surface area (Å²) in [6, 6.07) is 5.10. The summed E-state index contributed by atoms with van der Waals surface area (Å²) in [5, 5.41) is 3.22. The number of ether oxygens (including phenoxy) is 3. The largest absolute Gasteiger partial charge is 0.490 e. The van der Waals surface area contributed by atoms with Crippen molar-refractivity contribution in [2.45, 2.75) is 52.5 Å². The minimum absolute atomic E-state index is 0. The molecule has 0 radical (unpaired) electrons. The minimum atomic E-state index is -2.95. The summed E-state index contributed by atoms with van der Waals surface area (Å²) in [4.78, 5) is 20.7. The van der Waals surface area contributed by atoms with Crippen molar-refractivity contribution in [2.75, 3.05) is 32.8 Å². The van der Waals surface area contributed by atoms with Crippen molar-refractivity contribution in [3.05, 3.63) is 23.8 Å². The molecular weight excluding hydrogens is 537 g/mol. The highest BCUT2D eigenvalue weighted by molar-refractivity contribution is 14.0. The van der Waals surface area contributed by atoms with Gasteiger partial charge in [0.1, 0.15) is 5.60 Å². The highest BCUT2D eigenvalue weighted by atomic mass is 127. The monoisotopic (exact) mass is 568 g/mol. The van der Waals surface area contributed by atoms with Gasteiger partial charge in [0.15, 0.2) is 17.5 Å². The normalized spacial score (nSPS) is 18.0. The number of hydrogen-bond donors (Lipinski definition) is 1. The average molecular weight is 568 g/mol. The molecule has 1 fully saturated rings. The Hall–Kier alpha value is -2.05. The van der Waals surface area contributed by atoms with Gasteiger partial charge < -0.3 is 29.3 Å². The topological polar surface area (TPSA) is 75.6 Å². The molecule has 1 atom stereocenters. The van der Waals surface area contributed by atoms with E-state index in [2.05, 4.69) is 15.2 Å². The first-order valence-corrected chi connectivity index (χ1v) is 10.4. The van der Waals surface area contributed by atoms with Crippen LogP contribution in [0.15, 0.2) is 23.2 Å². The summed E-state index contributed by atoms with van der Waals surface area (Å²) >= 11 is 0. The molecule has 0 spiro atoms. The van der Waals surface area contributed by atoms with Crippen LogP contribution in [0.2, 0.25) is 0 Å². The van der Waals surface area contributed by atoms with E-state index < -0.39 is 12.2 Å². The first kappa shape index (κ1) is 26.2. The second-order valence-electron chi connectivity index (χ2n) is 8.35. The lowest BCUT2D eigenvalue weighted by atomic mass is 10.1. The number of halogens is 3. The van der Waals surface area contributed by atoms with E-state index in [1.807, 2.05) is 20.8 Å². The van der Waals surface area contributed by atoms with E-state index >= 15 is 0 Å². The van der Waals surface area contributed by atoms with Crippen LogP contribution in [0.4, 0.5) is 13.6 Å². The lowest BCUT2D eigenvalue weighted by Gasteiger charge is -2.39. The summed E-state index contributed by atoms with van der Waals surface area (Å²) < 4.78 is 41.4. The van der Waals surface area contributed by atoms with Crippen LogP contribution in [0.5, 0.6) is 11.5 Å². The molecule has 1 aromatic carbocycles. The molecule has 32 heavy (non-hydrogen) atoms. The molecule has 0 aliphatic carbocycles. The molecule has 2 aliphatic heterocycles. The number of nitrogens with zero attached hydrogens (tertiary/aromatic N) is 3. The number of benzene rings is 1. The number of fused-ring (bicyclic) bond motifs is 1. The fourth-order valence-electron chi connectivity index (χ4n) is 3.59. The Morgan fingerprint density at radius 3 is 2.72 bits per heavy atom. The van der Waals surface area contributed by atoms with E-state index in [4.69, 9.17) is 14.2 Å². The lowest BCUT2D eigenvalue weighted by Crippen LogP contribution is -2.57. The molecule has 11 heteroatoms. The van der Waals surface area contributed by atoms with E-state index in [9.17, 15) is 13.6 Å². The van der Waals surface area contributed by atoms with Crippen molar-refractivity contribution < 1.29 is 27.8 Å². The number of alkyl halides is 2. The van der Waals surface area contributed by atoms with Gasteiger partial charge in [0.25, 0.3) is 0 Å². The third-order valence-electron chi connectivity index (χ3n) is 4.86. The van der Waals surface area contributed by atoms with Gasteiger partial charge in [-0.2, -0.15) is 8.78 Å². The Labute approximate surface area is 204 Å². The third-order valence-corrected chi connectivity index (χ3v) is 4.86. The van der Waals surface area contributed by atoms with E-state index in [1.165, 1.54) is 0 Å². The van der Waals surface area contributed by atoms with Crippen LogP contribution in [-0.2, 0) is 11.3 Å². The standard InChI is InChI=1S/C21H30F2N4O4.HI/c1-5-29-16-8-6-7-14(17(16)30-18(22)23)11-24-19-25-12-15-13-26(9-10-27(15)19)20(28)31-21(2,3)4;/h6-8,15,18H,5,9-13H2,1-4H3,(H,24,25);1H. The number of guanidine groups is 1. The summed E-state index contributed by atoms with van der Waals surface area (Å²) in [5.41, 5.74) is 0.00557. The zero-order valence-electron chi connectivity index (χ0n) is 18.8. The summed E-state index contributed by atoms with van der Waals surface area (Å²) in [5.74, 6) is 0.981. The van der Waals surface area contributed by atoms with Gasteiger partial charge in [0.2, 0.25) is 0 Å². The molecule has 1 unspecified atom stereocenters. The van der Waals surface area contributed by atoms with Crippen LogP contribution in [0.25, 0.3) is 0 Å². The number of aliphatic imine (C=N–C) groups is 1. The molecule has 8 nitrogen and oxygen atoms in total. The molecule has 1 aromatic rings. The number of amides is 1. The maximum absolute atomic E-state index is 12.9. The SMILES string of the molecule is CCOc1cccc(CNC2=NCC3CN(C(=O)OC(C)(C)C)CCN23)c1OC(F)F.I. The van der Waals surface area contributed by atoms with E-state index in [1.54, 1.807) is 30.0 Å². The van der Waals surface area contributed by atoms with Crippen LogP contribution in [-0.4, -0.2) is 72.9 Å². The van der Waals surface area contributed by atoms with E-state index in [0.717, 1.165) is 0 Å². The Kier molecular flexibility index (Phi) is 9.17. The number of carbonyl (C=O) groups is 1. The fraction of sp³-hybridized carbons (Fsp3) is 0.619. The molecule has 0 saturated carbocycles. The number of para-hydroxylation sites is 1. The van der Waals surface area contributed by atoms with Gasteiger partial charge in [-0.3, -0.25) is 4.99 Å². The smallest absolute Gasteiger partial charge is 0.410 e. The molecule has 180 valence electrons. The number of nitrogens with one attached hydrogen (secondary N) is 1. The number of hydrogen-bond acceptors (Lipinski definition) is 7. The van der Waals surface area contributed by atoms with Crippen molar-refractivity contribution in [1.29, 1.82) is 0 Å². The highest BCUT2D eigenvalue weighted by Crippen LogP contribution is 2.33. The van der Waals surface area contributed by atoms with Crippen molar-refractivity contribution in [3.63, 3.8) is 0 Å². The first-order valence-electron chi connectivity index (χ1n) is 10.4. The van der Waals surface area contributed by atoms with Crippen molar-refractivity contribution in [1.82, 2.24) is 15.1 Å². The molecule has 2 heterocycles. The van der Waals surface area contributed by atoms with E-state index in [0.29, 0.717) is 44.3 Å². The highest BCUT2D eigenvalue weighted by Gasteiger charge is 2.36. The van der Waals surface area contributed by atoms with Gasteiger partial charge in [-0.15, -0.1) is 24.0 Å². The molecule has 1 saturated heterocycles. The maximum atomic E-state index is 12.9. The third kappa shape index (κ3) is 6.72. The Bertz CT molecular complexity index is 819. The summed E-state index contributed by atoms with van der Waals surface area (Å²) in [6.07, 6.45) is -0.324. The van der Waals surface area contributed by atoms with Crippen LogP contribution >= 0.6 is 24.0 Å². The van der Waals surface area contributed by atoms with Crippen LogP contribution in [0, 0.1) is 0 Å². The Morgan fingerprint density at radius 2 is 2.06 bits per heavy atom. The Balaban J connectivity index is 0.00000363. The Morgan fingerprint density at radius 1 is 1.31 bits per heavy atom. The second-order valence-corrected chi connectivity index (χ2v) is 8.35. The molecule has 2 aliphatic rings. The van der Waals surface area contributed by atoms with Crippen LogP contribution in [0.1, 0.15) is 33.3 Å². The average Bonchev–Trinajstić information content (AvgIpc) is 3.09. The predicted octanol–water partition coefficient (Wildman–Crippen LogP) is 3.69. The zero-order chi connectivity index (χ0) is 22.6. The molecule has 1 N–H and O–H groups in total. The maximum Gasteiger partial charge on any atom is 0.410 e. The molecule has 1 amide bonds. The number of carbonyl (C=O) groups excluding carboxylic acids is 1. The lowest BCUT2D eigenvalue weighted by molar-refractivity contribution is -0.0521. The van der Waals surface area contributed by atoms with Gasteiger partial charge in [0.05, 0.1) is 19.2 Å². The van der Waals surface area contributed by atoms with Crippen molar-refractivity contribution >= 4 is 36.0 Å². The number of piperazine rings is 1. The van der Waals surface area contributed by atoms with Gasteiger partial charge in [-0.25, -0.2) is 4.79 Å². The molecular formula is C21H31F2IN4O4. The predicted molar refractivity (Wildman–Crippen MR) is 127 cm³/mol.